The molecule has 12 heavy (non-hydrogen) atoms. The van der Waals surface area contributed by atoms with Gasteiger partial charge in [0.1, 0.15) is 0 Å². The normalized spacial score (nSPS) is 12.6. The Balaban J connectivity index is 3.33. The maximum absolute atomic E-state index is 10.9. The molecule has 0 aliphatic carbocycles. The molecular weight excluding hydrogens is 176 g/mol. The van der Waals surface area contributed by atoms with E-state index < -0.39 is 0 Å². The Bertz CT molecular complexity index is 126. The van der Waals surface area contributed by atoms with E-state index in [1.54, 1.807) is 0 Å². The van der Waals surface area contributed by atoms with Crippen LogP contribution >= 0.6 is 11.6 Å². The van der Waals surface area contributed by atoms with Crippen molar-refractivity contribution in [3.05, 3.63) is 0 Å². The molecule has 0 aromatic rings. The average Bonchev–Trinajstić information content (AvgIpc) is 2.02. The number of alkyl halides is 1. The van der Waals surface area contributed by atoms with Gasteiger partial charge in [0.2, 0.25) is 0 Å². The van der Waals surface area contributed by atoms with Crippen molar-refractivity contribution < 1.29 is 9.53 Å². The average molecular weight is 193 g/mol. The first-order chi connectivity index (χ1) is 5.70. The zero-order chi connectivity index (χ0) is 9.40. The lowest BCUT2D eigenvalue weighted by Gasteiger charge is -2.06. The van der Waals surface area contributed by atoms with E-state index in [2.05, 4.69) is 6.92 Å². The van der Waals surface area contributed by atoms with Gasteiger partial charge in [-0.1, -0.05) is 13.3 Å². The lowest BCUT2D eigenvalue weighted by Crippen LogP contribution is -2.07. The molecule has 0 spiro atoms. The standard InChI is InChI=1S/C9H17ClO2/c1-3-5-8(10)6-7-9(11)12-4-2/h8H,3-7H2,1-2H3. The molecule has 0 saturated carbocycles. The van der Waals surface area contributed by atoms with Crippen LogP contribution in [0.5, 0.6) is 0 Å². The fourth-order valence-corrected chi connectivity index (χ4v) is 1.29. The molecule has 0 aliphatic heterocycles. The minimum Gasteiger partial charge on any atom is -0.466 e. The predicted molar refractivity (Wildman–Crippen MR) is 50.4 cm³/mol. The van der Waals surface area contributed by atoms with Crippen LogP contribution in [0.1, 0.15) is 39.5 Å². The molecule has 0 aromatic carbocycles. The summed E-state index contributed by atoms with van der Waals surface area (Å²) >= 11 is 5.92. The lowest BCUT2D eigenvalue weighted by molar-refractivity contribution is -0.143. The summed E-state index contributed by atoms with van der Waals surface area (Å²) in [7, 11) is 0. The van der Waals surface area contributed by atoms with E-state index >= 15 is 0 Å². The van der Waals surface area contributed by atoms with E-state index in [0.717, 1.165) is 19.3 Å². The van der Waals surface area contributed by atoms with Gasteiger partial charge in [0.05, 0.1) is 6.61 Å². The Kier molecular flexibility index (Phi) is 7.26. The van der Waals surface area contributed by atoms with E-state index in [9.17, 15) is 4.79 Å². The molecule has 0 radical (unpaired) electrons. The van der Waals surface area contributed by atoms with Gasteiger partial charge in [-0.3, -0.25) is 4.79 Å². The predicted octanol–water partition coefficient (Wildman–Crippen LogP) is 2.74. The molecule has 0 N–H and O–H groups in total. The number of hydrogen-bond donors (Lipinski definition) is 0. The largest absolute Gasteiger partial charge is 0.466 e. The van der Waals surface area contributed by atoms with Crippen LogP contribution in [-0.2, 0) is 9.53 Å². The molecular formula is C9H17ClO2. The number of ether oxygens (including phenoxy) is 1. The zero-order valence-electron chi connectivity index (χ0n) is 7.81. The van der Waals surface area contributed by atoms with E-state index in [4.69, 9.17) is 16.3 Å². The van der Waals surface area contributed by atoms with Crippen LogP contribution in [-0.4, -0.2) is 18.0 Å². The minimum atomic E-state index is -0.140. The fourth-order valence-electron chi connectivity index (χ4n) is 0.965. The molecule has 0 rings (SSSR count). The highest BCUT2D eigenvalue weighted by Gasteiger charge is 2.07. The summed E-state index contributed by atoms with van der Waals surface area (Å²) < 4.78 is 4.77. The third-order valence-electron chi connectivity index (χ3n) is 1.57. The van der Waals surface area contributed by atoms with Gasteiger partial charge in [-0.2, -0.15) is 0 Å². The van der Waals surface area contributed by atoms with E-state index in [-0.39, 0.29) is 11.3 Å². The number of halogens is 1. The van der Waals surface area contributed by atoms with Crippen LogP contribution in [0.4, 0.5) is 0 Å². The summed E-state index contributed by atoms with van der Waals surface area (Å²) in [6.45, 7) is 4.35. The van der Waals surface area contributed by atoms with Crippen LogP contribution in [0.3, 0.4) is 0 Å². The number of rotatable bonds is 6. The SMILES string of the molecule is CCCC(Cl)CCC(=O)OCC. The number of carbonyl (C=O) groups is 1. The van der Waals surface area contributed by atoms with E-state index in [1.165, 1.54) is 0 Å². The smallest absolute Gasteiger partial charge is 0.305 e. The van der Waals surface area contributed by atoms with Crippen LogP contribution in [0.25, 0.3) is 0 Å². The van der Waals surface area contributed by atoms with Gasteiger partial charge >= 0.3 is 5.97 Å². The molecule has 1 atom stereocenters. The van der Waals surface area contributed by atoms with Crippen LogP contribution < -0.4 is 0 Å². The lowest BCUT2D eigenvalue weighted by atomic mass is 10.1. The highest BCUT2D eigenvalue weighted by atomic mass is 35.5. The van der Waals surface area contributed by atoms with Gasteiger partial charge < -0.3 is 4.74 Å². The molecule has 2 nitrogen and oxygen atoms in total. The molecule has 3 heteroatoms. The molecule has 0 amide bonds. The van der Waals surface area contributed by atoms with Crippen molar-refractivity contribution in [3.63, 3.8) is 0 Å². The van der Waals surface area contributed by atoms with Gasteiger partial charge in [-0.15, -0.1) is 11.6 Å². The van der Waals surface area contributed by atoms with E-state index in [0.29, 0.717) is 13.0 Å². The second-order valence-corrected chi connectivity index (χ2v) is 3.35. The van der Waals surface area contributed by atoms with Crippen LogP contribution in [0, 0.1) is 0 Å². The summed E-state index contributed by atoms with van der Waals surface area (Å²) in [6, 6.07) is 0. The summed E-state index contributed by atoms with van der Waals surface area (Å²) in [5.41, 5.74) is 0. The third kappa shape index (κ3) is 6.47. The Morgan fingerprint density at radius 1 is 1.42 bits per heavy atom. The molecule has 0 aromatic heterocycles. The second kappa shape index (κ2) is 7.41. The molecule has 0 heterocycles. The Hall–Kier alpha value is -0.240. The summed E-state index contributed by atoms with van der Waals surface area (Å²) in [5, 5.41) is 0.124. The number of esters is 1. The van der Waals surface area contributed by atoms with Gasteiger partial charge in [-0.25, -0.2) is 0 Å². The van der Waals surface area contributed by atoms with Crippen molar-refractivity contribution in [3.8, 4) is 0 Å². The Labute approximate surface area is 79.2 Å². The summed E-state index contributed by atoms with van der Waals surface area (Å²) in [6.07, 6.45) is 3.22. The topological polar surface area (TPSA) is 26.3 Å². The number of hydrogen-bond acceptors (Lipinski definition) is 2. The number of carbonyl (C=O) groups excluding carboxylic acids is 1. The van der Waals surface area contributed by atoms with Gasteiger partial charge in [0.15, 0.2) is 0 Å². The first-order valence-corrected chi connectivity index (χ1v) is 4.94. The highest BCUT2D eigenvalue weighted by Crippen LogP contribution is 2.11. The first kappa shape index (κ1) is 11.8. The van der Waals surface area contributed by atoms with Crippen molar-refractivity contribution in [2.75, 3.05) is 6.61 Å². The van der Waals surface area contributed by atoms with Crippen molar-refractivity contribution in [2.24, 2.45) is 0 Å². The highest BCUT2D eigenvalue weighted by molar-refractivity contribution is 6.20. The molecule has 0 aliphatic rings. The van der Waals surface area contributed by atoms with Crippen molar-refractivity contribution in [1.29, 1.82) is 0 Å². The Morgan fingerprint density at radius 3 is 2.58 bits per heavy atom. The summed E-state index contributed by atoms with van der Waals surface area (Å²) in [5.74, 6) is -0.140. The Morgan fingerprint density at radius 2 is 2.08 bits per heavy atom. The maximum atomic E-state index is 10.9. The van der Waals surface area contributed by atoms with E-state index in [1.807, 2.05) is 6.92 Å². The van der Waals surface area contributed by atoms with Gasteiger partial charge in [0, 0.05) is 11.8 Å². The molecule has 0 fully saturated rings. The molecule has 72 valence electrons. The van der Waals surface area contributed by atoms with Crippen LogP contribution in [0.2, 0.25) is 0 Å². The zero-order valence-corrected chi connectivity index (χ0v) is 8.56. The molecule has 0 bridgehead atoms. The summed E-state index contributed by atoms with van der Waals surface area (Å²) in [4.78, 5) is 10.9. The fraction of sp³-hybridized carbons (Fsp3) is 0.889. The first-order valence-electron chi connectivity index (χ1n) is 4.50. The molecule has 1 unspecified atom stereocenters. The monoisotopic (exact) mass is 192 g/mol. The maximum Gasteiger partial charge on any atom is 0.305 e. The van der Waals surface area contributed by atoms with Crippen molar-refractivity contribution in [2.45, 2.75) is 44.9 Å². The molecule has 0 saturated heterocycles. The van der Waals surface area contributed by atoms with Crippen molar-refractivity contribution in [1.82, 2.24) is 0 Å². The van der Waals surface area contributed by atoms with Crippen molar-refractivity contribution >= 4 is 17.6 Å². The van der Waals surface area contributed by atoms with Gasteiger partial charge in [0.25, 0.3) is 0 Å². The minimum absolute atomic E-state index is 0.124. The van der Waals surface area contributed by atoms with Crippen LogP contribution in [0.15, 0.2) is 0 Å². The second-order valence-electron chi connectivity index (χ2n) is 2.73. The van der Waals surface area contributed by atoms with Gasteiger partial charge in [-0.05, 0) is 19.8 Å². The quantitative estimate of drug-likeness (QED) is 0.478. The third-order valence-corrected chi connectivity index (χ3v) is 2.01.